The lowest BCUT2D eigenvalue weighted by atomic mass is 9.92. The number of hydrogen-bond acceptors (Lipinski definition) is 7. The van der Waals surface area contributed by atoms with Crippen LogP contribution < -0.4 is 16.2 Å². The van der Waals surface area contributed by atoms with Gasteiger partial charge in [-0.1, -0.05) is 38.5 Å². The van der Waals surface area contributed by atoms with E-state index in [1.807, 2.05) is 0 Å². The Morgan fingerprint density at radius 2 is 1.83 bits per heavy atom. The summed E-state index contributed by atoms with van der Waals surface area (Å²) in [5, 5.41) is 13.2. The van der Waals surface area contributed by atoms with Gasteiger partial charge in [0, 0.05) is 6.04 Å². The van der Waals surface area contributed by atoms with Crippen molar-refractivity contribution >= 4 is 24.0 Å². The average molecular weight is 423 g/mol. The van der Waals surface area contributed by atoms with Crippen molar-refractivity contribution in [1.82, 2.24) is 20.5 Å². The van der Waals surface area contributed by atoms with E-state index in [1.54, 1.807) is 6.92 Å². The number of amides is 2. The number of hydrazine groups is 1. The molecule has 166 valence electrons. The summed E-state index contributed by atoms with van der Waals surface area (Å²) in [6, 6.07) is 0.186. The number of anilines is 2. The van der Waals surface area contributed by atoms with E-state index in [0.29, 0.717) is 23.2 Å². The first-order chi connectivity index (χ1) is 14.5. The number of aryl methyl sites for hydroxylation is 1. The van der Waals surface area contributed by atoms with Crippen LogP contribution in [0.15, 0.2) is 0 Å². The molecule has 1 atom stereocenters. The maximum atomic E-state index is 14.9. The number of nitrogens with one attached hydrogen (secondary N) is 3. The zero-order valence-electron chi connectivity index (χ0n) is 17.4. The fraction of sp³-hybridized carbons (Fsp3) is 0.700. The summed E-state index contributed by atoms with van der Waals surface area (Å²) < 4.78 is 14.9. The van der Waals surface area contributed by atoms with E-state index in [2.05, 4.69) is 26.1 Å². The van der Waals surface area contributed by atoms with Gasteiger partial charge in [0.2, 0.25) is 18.1 Å². The topological polar surface area (TPSA) is 119 Å². The van der Waals surface area contributed by atoms with E-state index in [4.69, 9.17) is 0 Å². The van der Waals surface area contributed by atoms with Gasteiger partial charge in [0.25, 0.3) is 0 Å². The number of aromatic nitrogens is 2. The number of nitrogens with zero attached hydrogens (tertiary/aromatic N) is 3. The van der Waals surface area contributed by atoms with Crippen molar-refractivity contribution in [1.29, 1.82) is 0 Å². The third-order valence-electron chi connectivity index (χ3n) is 5.96. The number of hydrogen-bond donors (Lipinski definition) is 4. The molecule has 2 aliphatic rings. The van der Waals surface area contributed by atoms with Crippen molar-refractivity contribution < 1.29 is 19.2 Å². The maximum Gasteiger partial charge on any atom is 0.243 e. The second kappa shape index (κ2) is 10.5. The van der Waals surface area contributed by atoms with E-state index in [-0.39, 0.29) is 30.6 Å². The lowest BCUT2D eigenvalue weighted by molar-refractivity contribution is -0.154. The molecular weight excluding hydrogens is 391 g/mol. The lowest BCUT2D eigenvalue weighted by Crippen LogP contribution is -2.41. The lowest BCUT2D eigenvalue weighted by Gasteiger charge is -2.23. The van der Waals surface area contributed by atoms with E-state index in [9.17, 15) is 19.2 Å². The van der Waals surface area contributed by atoms with Gasteiger partial charge in [-0.15, -0.1) is 0 Å². The molecule has 4 N–H and O–H groups in total. The minimum atomic E-state index is -0.656. The number of carbonyl (C=O) groups is 2. The van der Waals surface area contributed by atoms with Crippen LogP contribution >= 0.6 is 0 Å². The largest absolute Gasteiger partial charge is 0.365 e. The maximum absolute atomic E-state index is 14.9. The molecule has 0 spiro atoms. The van der Waals surface area contributed by atoms with Gasteiger partial charge in [0.1, 0.15) is 5.82 Å². The number of halogens is 1. The monoisotopic (exact) mass is 422 g/mol. The molecule has 2 fully saturated rings. The third kappa shape index (κ3) is 6.01. The highest BCUT2D eigenvalue weighted by Crippen LogP contribution is 2.31. The molecule has 1 aromatic heterocycles. The SMILES string of the molecule is Cc1nc(NNC(=O)[C@@H](CC2CCCC2)CN(O)C=O)c(F)c(NC2CCCC2)n1. The first kappa shape index (κ1) is 22.2. The number of carbonyl (C=O) groups excluding carboxylic acids is 2. The molecule has 30 heavy (non-hydrogen) atoms. The molecule has 0 bridgehead atoms. The Kier molecular flexibility index (Phi) is 7.78. The smallest absolute Gasteiger partial charge is 0.243 e. The fourth-order valence-electron chi connectivity index (χ4n) is 4.41. The zero-order chi connectivity index (χ0) is 21.5. The predicted molar refractivity (Wildman–Crippen MR) is 109 cm³/mol. The van der Waals surface area contributed by atoms with Gasteiger partial charge in [-0.25, -0.2) is 15.0 Å². The van der Waals surface area contributed by atoms with Crippen molar-refractivity contribution in [2.45, 2.75) is 70.8 Å². The van der Waals surface area contributed by atoms with Gasteiger partial charge >= 0.3 is 0 Å². The highest BCUT2D eigenvalue weighted by Gasteiger charge is 2.27. The van der Waals surface area contributed by atoms with Crippen molar-refractivity contribution in [3.05, 3.63) is 11.6 Å². The molecule has 10 heteroatoms. The summed E-state index contributed by atoms with van der Waals surface area (Å²) in [5.74, 6) is -0.943. The molecule has 2 amide bonds. The normalized spacial score (nSPS) is 18.2. The van der Waals surface area contributed by atoms with Crippen LogP contribution in [0.4, 0.5) is 16.0 Å². The Hall–Kier alpha value is -2.49. The van der Waals surface area contributed by atoms with Gasteiger partial charge in [-0.05, 0) is 32.1 Å². The molecule has 0 unspecified atom stereocenters. The van der Waals surface area contributed by atoms with Crippen molar-refractivity contribution in [2.75, 3.05) is 17.3 Å². The van der Waals surface area contributed by atoms with E-state index in [0.717, 1.165) is 51.4 Å². The van der Waals surface area contributed by atoms with Crippen LogP contribution in [0, 0.1) is 24.6 Å². The molecule has 9 nitrogen and oxygen atoms in total. The summed E-state index contributed by atoms with van der Waals surface area (Å²) in [6.45, 7) is 1.54. The molecule has 3 rings (SSSR count). The van der Waals surface area contributed by atoms with Crippen LogP contribution in [0.3, 0.4) is 0 Å². The van der Waals surface area contributed by atoms with Crippen LogP contribution in [0.1, 0.15) is 63.6 Å². The molecule has 2 aliphatic carbocycles. The Morgan fingerprint density at radius 3 is 2.50 bits per heavy atom. The molecule has 1 heterocycles. The molecule has 0 aromatic carbocycles. The van der Waals surface area contributed by atoms with E-state index < -0.39 is 17.6 Å². The Labute approximate surface area is 175 Å². The summed E-state index contributed by atoms with van der Waals surface area (Å²) in [5.41, 5.74) is 5.05. The fourth-order valence-corrected chi connectivity index (χ4v) is 4.41. The highest BCUT2D eigenvalue weighted by molar-refractivity contribution is 5.80. The quantitative estimate of drug-likeness (QED) is 0.260. The standard InChI is InChI=1S/C20H31FN6O3/c1-13-22-18(24-16-8-4-5-9-16)17(21)19(23-13)25-26-20(29)15(11-27(30)12-28)10-14-6-2-3-7-14/h12,14-16,30H,2-11H2,1H3,(H,26,29)(H2,22,23,24,25)/t15-/m0/s1. The van der Waals surface area contributed by atoms with Crippen LogP contribution in [-0.2, 0) is 9.59 Å². The second-order valence-corrected chi connectivity index (χ2v) is 8.33. The van der Waals surface area contributed by atoms with Crippen LogP contribution in [0.5, 0.6) is 0 Å². The van der Waals surface area contributed by atoms with Crippen LogP contribution in [0.2, 0.25) is 0 Å². The van der Waals surface area contributed by atoms with E-state index in [1.165, 1.54) is 0 Å². The molecule has 2 saturated carbocycles. The summed E-state index contributed by atoms with van der Waals surface area (Å²) in [7, 11) is 0. The number of hydroxylamine groups is 2. The third-order valence-corrected chi connectivity index (χ3v) is 5.96. The first-order valence-corrected chi connectivity index (χ1v) is 10.7. The van der Waals surface area contributed by atoms with Crippen molar-refractivity contribution in [3.63, 3.8) is 0 Å². The van der Waals surface area contributed by atoms with Gasteiger partial charge in [-0.2, -0.15) is 4.39 Å². The van der Waals surface area contributed by atoms with Gasteiger partial charge in [0.15, 0.2) is 11.6 Å². The Balaban J connectivity index is 1.64. The molecular formula is C20H31FN6O3. The van der Waals surface area contributed by atoms with Crippen molar-refractivity contribution in [3.8, 4) is 0 Å². The average Bonchev–Trinajstić information content (AvgIpc) is 3.42. The first-order valence-electron chi connectivity index (χ1n) is 10.7. The predicted octanol–water partition coefficient (Wildman–Crippen LogP) is 2.77. The summed E-state index contributed by atoms with van der Waals surface area (Å²) in [6.07, 6.45) is 9.28. The highest BCUT2D eigenvalue weighted by atomic mass is 19.1. The summed E-state index contributed by atoms with van der Waals surface area (Å²) in [4.78, 5) is 31.7. The summed E-state index contributed by atoms with van der Waals surface area (Å²) >= 11 is 0. The Bertz CT molecular complexity index is 737. The second-order valence-electron chi connectivity index (χ2n) is 8.33. The molecule has 0 aliphatic heterocycles. The van der Waals surface area contributed by atoms with Crippen LogP contribution in [0.25, 0.3) is 0 Å². The molecule has 1 aromatic rings. The minimum Gasteiger partial charge on any atom is -0.365 e. The van der Waals surface area contributed by atoms with Gasteiger partial charge in [-0.3, -0.25) is 25.6 Å². The number of rotatable bonds is 10. The van der Waals surface area contributed by atoms with Gasteiger partial charge < -0.3 is 5.32 Å². The zero-order valence-corrected chi connectivity index (χ0v) is 17.4. The van der Waals surface area contributed by atoms with Crippen molar-refractivity contribution in [2.24, 2.45) is 11.8 Å². The Morgan fingerprint density at radius 1 is 1.20 bits per heavy atom. The molecule has 0 saturated heterocycles. The van der Waals surface area contributed by atoms with Crippen LogP contribution in [-0.4, -0.2) is 45.1 Å². The van der Waals surface area contributed by atoms with E-state index >= 15 is 0 Å². The molecule has 0 radical (unpaired) electrons. The minimum absolute atomic E-state index is 0.118. The van der Waals surface area contributed by atoms with Gasteiger partial charge in [0.05, 0.1) is 12.5 Å².